The molecular weight excluding hydrogens is 283 g/mol. The molecule has 0 aliphatic rings. The molecule has 0 saturated heterocycles. The van der Waals surface area contributed by atoms with Crippen molar-refractivity contribution in [2.45, 2.75) is 6.92 Å². The fourth-order valence-electron chi connectivity index (χ4n) is 1.54. The lowest BCUT2D eigenvalue weighted by atomic mass is 10.1. The first-order chi connectivity index (χ1) is 9.95. The van der Waals surface area contributed by atoms with Crippen LogP contribution in [0, 0.1) is 12.7 Å². The Kier molecular flexibility index (Phi) is 4.17. The molecule has 1 aromatic carbocycles. The maximum absolute atomic E-state index is 13.1. The van der Waals surface area contributed by atoms with Crippen molar-refractivity contribution in [1.29, 1.82) is 0 Å². The number of amides is 1. The number of hydrogen-bond acceptors (Lipinski definition) is 5. The minimum atomic E-state index is -1.28. The van der Waals surface area contributed by atoms with Gasteiger partial charge in [-0.1, -0.05) is 0 Å². The molecule has 0 aliphatic carbocycles. The lowest BCUT2D eigenvalue weighted by Gasteiger charge is -2.08. The minimum Gasteiger partial charge on any atom is -0.478 e. The summed E-state index contributed by atoms with van der Waals surface area (Å²) in [5, 5.41) is 14.7. The van der Waals surface area contributed by atoms with E-state index in [0.29, 0.717) is 5.76 Å². The fraction of sp³-hybridized carbons (Fsp3) is 0.154. The van der Waals surface area contributed by atoms with E-state index in [-0.39, 0.29) is 17.1 Å². The van der Waals surface area contributed by atoms with Gasteiger partial charge in [0.2, 0.25) is 0 Å². The number of hydrogen-bond donors (Lipinski definition) is 2. The van der Waals surface area contributed by atoms with Gasteiger partial charge in [-0.3, -0.25) is 4.79 Å². The summed E-state index contributed by atoms with van der Waals surface area (Å²) in [4.78, 5) is 22.6. The van der Waals surface area contributed by atoms with E-state index in [1.807, 2.05) is 0 Å². The summed E-state index contributed by atoms with van der Waals surface area (Å²) in [7, 11) is 0. The summed E-state index contributed by atoms with van der Waals surface area (Å²) in [5.41, 5.74) is -0.366. The summed E-state index contributed by atoms with van der Waals surface area (Å²) in [5.74, 6) is -1.95. The van der Waals surface area contributed by atoms with Gasteiger partial charge in [-0.15, -0.1) is 0 Å². The smallest absolute Gasteiger partial charge is 0.337 e. The molecule has 110 valence electrons. The SMILES string of the molecule is Cc1cc(OCC(=O)Nc2cc(F)ccc2C(=O)O)no1. The van der Waals surface area contributed by atoms with E-state index in [1.165, 1.54) is 6.07 Å². The van der Waals surface area contributed by atoms with E-state index >= 15 is 0 Å². The van der Waals surface area contributed by atoms with Crippen LogP contribution in [0.2, 0.25) is 0 Å². The molecule has 0 aliphatic heterocycles. The Bertz CT molecular complexity index is 683. The molecule has 0 fully saturated rings. The minimum absolute atomic E-state index is 0.125. The number of aromatic nitrogens is 1. The monoisotopic (exact) mass is 294 g/mol. The first kappa shape index (κ1) is 14.5. The molecular formula is C13H11FN2O5. The topological polar surface area (TPSA) is 102 Å². The first-order valence-corrected chi connectivity index (χ1v) is 5.84. The van der Waals surface area contributed by atoms with Crippen LogP contribution < -0.4 is 10.1 Å². The second-order valence-electron chi connectivity index (χ2n) is 4.11. The van der Waals surface area contributed by atoms with Crippen molar-refractivity contribution in [1.82, 2.24) is 5.16 Å². The number of halogens is 1. The van der Waals surface area contributed by atoms with Gasteiger partial charge >= 0.3 is 5.97 Å². The second-order valence-corrected chi connectivity index (χ2v) is 4.11. The summed E-state index contributed by atoms with van der Waals surface area (Å²) < 4.78 is 22.9. The van der Waals surface area contributed by atoms with Gasteiger partial charge in [0.1, 0.15) is 11.6 Å². The summed E-state index contributed by atoms with van der Waals surface area (Å²) >= 11 is 0. The molecule has 0 spiro atoms. The van der Waals surface area contributed by atoms with Gasteiger partial charge < -0.3 is 19.7 Å². The zero-order chi connectivity index (χ0) is 15.4. The fourth-order valence-corrected chi connectivity index (χ4v) is 1.54. The number of nitrogens with zero attached hydrogens (tertiary/aromatic N) is 1. The Morgan fingerprint density at radius 3 is 2.81 bits per heavy atom. The third-order valence-electron chi connectivity index (χ3n) is 2.44. The molecule has 0 bridgehead atoms. The van der Waals surface area contributed by atoms with E-state index in [9.17, 15) is 14.0 Å². The van der Waals surface area contributed by atoms with Gasteiger partial charge in [-0.25, -0.2) is 9.18 Å². The molecule has 21 heavy (non-hydrogen) atoms. The number of carbonyl (C=O) groups is 2. The number of aromatic carboxylic acids is 1. The second kappa shape index (κ2) is 6.04. The first-order valence-electron chi connectivity index (χ1n) is 5.84. The number of nitrogens with one attached hydrogen (secondary N) is 1. The highest BCUT2D eigenvalue weighted by atomic mass is 19.1. The molecule has 2 rings (SSSR count). The van der Waals surface area contributed by atoms with Crippen molar-refractivity contribution in [3.05, 3.63) is 41.4 Å². The van der Waals surface area contributed by atoms with Crippen molar-refractivity contribution in [3.8, 4) is 5.88 Å². The highest BCUT2D eigenvalue weighted by Crippen LogP contribution is 2.17. The quantitative estimate of drug-likeness (QED) is 0.872. The highest BCUT2D eigenvalue weighted by Gasteiger charge is 2.14. The lowest BCUT2D eigenvalue weighted by molar-refractivity contribution is -0.118. The van der Waals surface area contributed by atoms with E-state index in [4.69, 9.17) is 14.4 Å². The molecule has 2 N–H and O–H groups in total. The number of rotatable bonds is 5. The summed E-state index contributed by atoms with van der Waals surface area (Å²) in [6.45, 7) is 1.24. The van der Waals surface area contributed by atoms with Gasteiger partial charge in [0.25, 0.3) is 11.8 Å². The molecule has 8 heteroatoms. The van der Waals surface area contributed by atoms with E-state index in [1.54, 1.807) is 6.92 Å². The zero-order valence-electron chi connectivity index (χ0n) is 10.9. The van der Waals surface area contributed by atoms with E-state index in [2.05, 4.69) is 10.5 Å². The average Bonchev–Trinajstić information content (AvgIpc) is 2.82. The number of benzene rings is 1. The zero-order valence-corrected chi connectivity index (χ0v) is 10.9. The standard InChI is InChI=1S/C13H11FN2O5/c1-7-4-12(16-21-7)20-6-11(17)15-10-5-8(14)2-3-9(10)13(18)19/h2-5H,6H2,1H3,(H,15,17)(H,18,19). The number of carbonyl (C=O) groups excluding carboxylic acids is 1. The van der Waals surface area contributed by atoms with Crippen LogP contribution in [-0.2, 0) is 4.79 Å². The van der Waals surface area contributed by atoms with Gasteiger partial charge in [0.05, 0.1) is 11.3 Å². The van der Waals surface area contributed by atoms with Crippen LogP contribution in [-0.4, -0.2) is 28.7 Å². The maximum Gasteiger partial charge on any atom is 0.337 e. The van der Waals surface area contributed by atoms with Crippen LogP contribution >= 0.6 is 0 Å². The Labute approximate surface area is 118 Å². The number of carboxylic acids is 1. The Hall–Kier alpha value is -2.90. The number of anilines is 1. The largest absolute Gasteiger partial charge is 0.478 e. The van der Waals surface area contributed by atoms with Crippen molar-refractivity contribution < 1.29 is 28.3 Å². The molecule has 0 atom stereocenters. The molecule has 0 saturated carbocycles. The van der Waals surface area contributed by atoms with Crippen molar-refractivity contribution in [2.75, 3.05) is 11.9 Å². The van der Waals surface area contributed by atoms with Gasteiger partial charge in [-0.05, 0) is 30.3 Å². The van der Waals surface area contributed by atoms with Gasteiger partial charge in [0, 0.05) is 6.07 Å². The lowest BCUT2D eigenvalue weighted by Crippen LogP contribution is -2.21. The molecule has 1 heterocycles. The average molecular weight is 294 g/mol. The van der Waals surface area contributed by atoms with E-state index < -0.39 is 24.3 Å². The van der Waals surface area contributed by atoms with Crippen LogP contribution in [0.4, 0.5) is 10.1 Å². The highest BCUT2D eigenvalue weighted by molar-refractivity contribution is 6.00. The summed E-state index contributed by atoms with van der Waals surface area (Å²) in [6.07, 6.45) is 0. The predicted octanol–water partition coefficient (Wildman–Crippen LogP) is 1.84. The van der Waals surface area contributed by atoms with Crippen LogP contribution in [0.5, 0.6) is 5.88 Å². The maximum atomic E-state index is 13.1. The van der Waals surface area contributed by atoms with Crippen LogP contribution in [0.15, 0.2) is 28.8 Å². The number of carboxylic acid groups (broad SMARTS) is 1. The van der Waals surface area contributed by atoms with Crippen molar-refractivity contribution >= 4 is 17.6 Å². The summed E-state index contributed by atoms with van der Waals surface area (Å²) in [6, 6.07) is 4.46. The van der Waals surface area contributed by atoms with Crippen LogP contribution in [0.25, 0.3) is 0 Å². The van der Waals surface area contributed by atoms with E-state index in [0.717, 1.165) is 18.2 Å². The van der Waals surface area contributed by atoms with Crippen LogP contribution in [0.1, 0.15) is 16.1 Å². The molecule has 7 nitrogen and oxygen atoms in total. The predicted molar refractivity (Wildman–Crippen MR) is 68.7 cm³/mol. The Morgan fingerprint density at radius 1 is 1.43 bits per heavy atom. The molecule has 2 aromatic rings. The molecule has 1 amide bonds. The van der Waals surface area contributed by atoms with Crippen LogP contribution in [0.3, 0.4) is 0 Å². The van der Waals surface area contributed by atoms with Crippen molar-refractivity contribution in [2.24, 2.45) is 0 Å². The third-order valence-corrected chi connectivity index (χ3v) is 2.44. The van der Waals surface area contributed by atoms with Gasteiger partial charge in [0.15, 0.2) is 6.61 Å². The molecule has 0 radical (unpaired) electrons. The van der Waals surface area contributed by atoms with Gasteiger partial charge in [-0.2, -0.15) is 0 Å². The molecule has 1 aromatic heterocycles. The molecule has 0 unspecified atom stereocenters. The third kappa shape index (κ3) is 3.78. The Morgan fingerprint density at radius 2 is 2.19 bits per heavy atom. The number of aryl methyl sites for hydroxylation is 1. The van der Waals surface area contributed by atoms with Crippen molar-refractivity contribution in [3.63, 3.8) is 0 Å². The Balaban J connectivity index is 2.02. The normalized spacial score (nSPS) is 10.2. The number of ether oxygens (including phenoxy) is 1.